The van der Waals surface area contributed by atoms with Gasteiger partial charge >= 0.3 is 5.97 Å². The zero-order valence-electron chi connectivity index (χ0n) is 14.3. The minimum atomic E-state index is -0.722. The standard InChI is InChI=1S/C20H24N2O2/c1-14-7-3-4-8-16(14)19(17-10-11-21-13-15(17)2)22-12-6-5-9-18(22)20(23)24/h3-4,7-8,10-11,13,18-19H,5-6,9,12H2,1-2H3,(H,23,24). The second-order valence-corrected chi connectivity index (χ2v) is 6.58. The number of nitrogens with zero attached hydrogens (tertiary/aromatic N) is 2. The van der Waals surface area contributed by atoms with Gasteiger partial charge in [-0.1, -0.05) is 30.7 Å². The smallest absolute Gasteiger partial charge is 0.320 e. The van der Waals surface area contributed by atoms with Gasteiger partial charge in [-0.05, 0) is 61.6 Å². The number of benzene rings is 1. The Balaban J connectivity index is 2.13. The van der Waals surface area contributed by atoms with Crippen molar-refractivity contribution in [2.75, 3.05) is 6.54 Å². The number of carbonyl (C=O) groups is 1. The summed E-state index contributed by atoms with van der Waals surface area (Å²) >= 11 is 0. The number of aryl methyl sites for hydroxylation is 2. The lowest BCUT2D eigenvalue weighted by molar-refractivity contribution is -0.145. The van der Waals surface area contributed by atoms with Crippen LogP contribution in [0, 0.1) is 13.8 Å². The van der Waals surface area contributed by atoms with Gasteiger partial charge in [0.2, 0.25) is 0 Å². The Bertz CT molecular complexity index is 684. The third-order valence-corrected chi connectivity index (χ3v) is 5.00. The summed E-state index contributed by atoms with van der Waals surface area (Å²) in [5, 5.41) is 9.74. The summed E-state index contributed by atoms with van der Waals surface area (Å²) in [6, 6.07) is 9.82. The Kier molecular flexibility index (Phi) is 4.95. The number of carboxylic acids is 1. The highest BCUT2D eigenvalue weighted by atomic mass is 16.4. The predicted molar refractivity (Wildman–Crippen MR) is 94.0 cm³/mol. The van der Waals surface area contributed by atoms with Crippen molar-refractivity contribution in [3.63, 3.8) is 0 Å². The number of hydrogen-bond acceptors (Lipinski definition) is 3. The maximum atomic E-state index is 11.8. The first kappa shape index (κ1) is 16.7. The Hall–Kier alpha value is -2.20. The Morgan fingerprint density at radius 2 is 1.92 bits per heavy atom. The quantitative estimate of drug-likeness (QED) is 0.931. The summed E-state index contributed by atoms with van der Waals surface area (Å²) in [6.45, 7) is 4.95. The molecule has 3 rings (SSSR count). The van der Waals surface area contributed by atoms with E-state index in [-0.39, 0.29) is 6.04 Å². The number of hydrogen-bond donors (Lipinski definition) is 1. The lowest BCUT2D eigenvalue weighted by Crippen LogP contribution is -2.47. The van der Waals surface area contributed by atoms with Crippen LogP contribution in [-0.4, -0.2) is 33.5 Å². The molecule has 24 heavy (non-hydrogen) atoms. The lowest BCUT2D eigenvalue weighted by Gasteiger charge is -2.40. The van der Waals surface area contributed by atoms with Gasteiger partial charge in [0, 0.05) is 12.4 Å². The molecule has 1 N–H and O–H groups in total. The van der Waals surface area contributed by atoms with Gasteiger partial charge in [-0.3, -0.25) is 14.7 Å². The summed E-state index contributed by atoms with van der Waals surface area (Å²) in [6.07, 6.45) is 6.38. The van der Waals surface area contributed by atoms with Crippen LogP contribution in [0.2, 0.25) is 0 Å². The van der Waals surface area contributed by atoms with Gasteiger partial charge in [-0.25, -0.2) is 0 Å². The van der Waals surface area contributed by atoms with Gasteiger partial charge in [0.15, 0.2) is 0 Å². The second kappa shape index (κ2) is 7.14. The number of carboxylic acid groups (broad SMARTS) is 1. The molecular formula is C20H24N2O2. The summed E-state index contributed by atoms with van der Waals surface area (Å²) in [5.74, 6) is -0.722. The zero-order chi connectivity index (χ0) is 17.1. The minimum absolute atomic E-state index is 0.0457. The molecule has 1 aromatic carbocycles. The zero-order valence-corrected chi connectivity index (χ0v) is 14.3. The second-order valence-electron chi connectivity index (χ2n) is 6.58. The molecule has 0 aliphatic carbocycles. The van der Waals surface area contributed by atoms with Crippen LogP contribution in [-0.2, 0) is 4.79 Å². The van der Waals surface area contributed by atoms with Crippen LogP contribution >= 0.6 is 0 Å². The van der Waals surface area contributed by atoms with E-state index in [1.165, 1.54) is 11.1 Å². The van der Waals surface area contributed by atoms with Crippen LogP contribution in [0.25, 0.3) is 0 Å². The van der Waals surface area contributed by atoms with Gasteiger partial charge in [0.05, 0.1) is 6.04 Å². The number of pyridine rings is 1. The largest absolute Gasteiger partial charge is 0.480 e. The van der Waals surface area contributed by atoms with E-state index in [0.717, 1.165) is 30.5 Å². The van der Waals surface area contributed by atoms with Crippen LogP contribution in [0.1, 0.15) is 47.6 Å². The van der Waals surface area contributed by atoms with Crippen molar-refractivity contribution >= 4 is 5.97 Å². The number of rotatable bonds is 4. The molecule has 2 atom stereocenters. The molecular weight excluding hydrogens is 300 g/mol. The molecule has 1 fully saturated rings. The van der Waals surface area contributed by atoms with Crippen molar-refractivity contribution in [3.8, 4) is 0 Å². The maximum Gasteiger partial charge on any atom is 0.320 e. The summed E-state index contributed by atoms with van der Waals surface area (Å²) in [4.78, 5) is 18.2. The molecule has 0 radical (unpaired) electrons. The van der Waals surface area contributed by atoms with Gasteiger partial charge in [0.25, 0.3) is 0 Å². The number of piperidine rings is 1. The van der Waals surface area contributed by atoms with E-state index in [4.69, 9.17) is 0 Å². The average Bonchev–Trinajstić information content (AvgIpc) is 2.59. The van der Waals surface area contributed by atoms with Gasteiger partial charge < -0.3 is 5.11 Å². The van der Waals surface area contributed by atoms with Crippen molar-refractivity contribution in [1.82, 2.24) is 9.88 Å². The molecule has 0 spiro atoms. The van der Waals surface area contributed by atoms with Crippen molar-refractivity contribution in [1.29, 1.82) is 0 Å². The maximum absolute atomic E-state index is 11.8. The highest BCUT2D eigenvalue weighted by Gasteiger charge is 2.36. The Morgan fingerprint density at radius 1 is 1.17 bits per heavy atom. The van der Waals surface area contributed by atoms with Gasteiger partial charge in [-0.2, -0.15) is 0 Å². The molecule has 2 unspecified atom stereocenters. The molecule has 0 amide bonds. The van der Waals surface area contributed by atoms with Crippen LogP contribution in [0.15, 0.2) is 42.7 Å². The van der Waals surface area contributed by atoms with Crippen LogP contribution in [0.5, 0.6) is 0 Å². The third-order valence-electron chi connectivity index (χ3n) is 5.00. The molecule has 4 nitrogen and oxygen atoms in total. The van der Waals surface area contributed by atoms with Crippen LogP contribution < -0.4 is 0 Å². The molecule has 2 aromatic rings. The summed E-state index contributed by atoms with van der Waals surface area (Å²) in [7, 11) is 0. The van der Waals surface area contributed by atoms with E-state index in [2.05, 4.69) is 28.9 Å². The Labute approximate surface area is 143 Å². The molecule has 4 heteroatoms. The third kappa shape index (κ3) is 3.20. The molecule has 2 heterocycles. The van der Waals surface area contributed by atoms with Crippen molar-refractivity contribution in [2.24, 2.45) is 0 Å². The van der Waals surface area contributed by atoms with E-state index in [9.17, 15) is 9.90 Å². The molecule has 126 valence electrons. The monoisotopic (exact) mass is 324 g/mol. The summed E-state index contributed by atoms with van der Waals surface area (Å²) < 4.78 is 0. The van der Waals surface area contributed by atoms with E-state index in [1.54, 1.807) is 6.20 Å². The molecule has 1 aromatic heterocycles. The fraction of sp³-hybridized carbons (Fsp3) is 0.400. The lowest BCUT2D eigenvalue weighted by atomic mass is 9.88. The van der Waals surface area contributed by atoms with Gasteiger partial charge in [-0.15, -0.1) is 0 Å². The van der Waals surface area contributed by atoms with Gasteiger partial charge in [0.1, 0.15) is 6.04 Å². The first-order chi connectivity index (χ1) is 11.6. The SMILES string of the molecule is Cc1ccccc1C(c1ccncc1C)N1CCCCC1C(=O)O. The molecule has 1 aliphatic heterocycles. The number of aromatic nitrogens is 1. The molecule has 0 saturated carbocycles. The van der Waals surface area contributed by atoms with E-state index in [1.807, 2.05) is 31.3 Å². The Morgan fingerprint density at radius 3 is 2.62 bits per heavy atom. The van der Waals surface area contributed by atoms with Crippen LogP contribution in [0.3, 0.4) is 0 Å². The normalized spacial score (nSPS) is 19.8. The predicted octanol–water partition coefficient (Wildman–Crippen LogP) is 3.73. The molecule has 1 aliphatic rings. The number of aliphatic carboxylic acids is 1. The number of likely N-dealkylation sites (tertiary alicyclic amines) is 1. The van der Waals surface area contributed by atoms with E-state index < -0.39 is 12.0 Å². The highest BCUT2D eigenvalue weighted by Crippen LogP contribution is 2.36. The first-order valence-electron chi connectivity index (χ1n) is 8.54. The van der Waals surface area contributed by atoms with Crippen molar-refractivity contribution in [3.05, 3.63) is 65.0 Å². The highest BCUT2D eigenvalue weighted by molar-refractivity contribution is 5.73. The summed E-state index contributed by atoms with van der Waals surface area (Å²) in [5.41, 5.74) is 4.61. The average molecular weight is 324 g/mol. The molecule has 1 saturated heterocycles. The van der Waals surface area contributed by atoms with Crippen molar-refractivity contribution in [2.45, 2.75) is 45.2 Å². The fourth-order valence-electron chi connectivity index (χ4n) is 3.74. The molecule has 0 bridgehead atoms. The first-order valence-corrected chi connectivity index (χ1v) is 8.54. The van der Waals surface area contributed by atoms with E-state index in [0.29, 0.717) is 6.42 Å². The van der Waals surface area contributed by atoms with Crippen LogP contribution in [0.4, 0.5) is 0 Å². The fourth-order valence-corrected chi connectivity index (χ4v) is 3.74. The topological polar surface area (TPSA) is 53.4 Å². The van der Waals surface area contributed by atoms with Crippen molar-refractivity contribution < 1.29 is 9.90 Å². The minimum Gasteiger partial charge on any atom is -0.480 e. The van der Waals surface area contributed by atoms with E-state index >= 15 is 0 Å².